The molecule has 0 heterocycles. The second kappa shape index (κ2) is 5.62. The molecule has 0 bridgehead atoms. The van der Waals surface area contributed by atoms with Gasteiger partial charge >= 0.3 is 6.18 Å². The van der Waals surface area contributed by atoms with Crippen molar-refractivity contribution in [2.75, 3.05) is 0 Å². The van der Waals surface area contributed by atoms with Crippen molar-refractivity contribution >= 4 is 5.57 Å². The highest BCUT2D eigenvalue weighted by Gasteiger charge is 2.30. The summed E-state index contributed by atoms with van der Waals surface area (Å²) in [5.41, 5.74) is 1.26. The van der Waals surface area contributed by atoms with E-state index >= 15 is 0 Å². The first-order valence-electron chi connectivity index (χ1n) is 5.85. The van der Waals surface area contributed by atoms with Crippen molar-refractivity contribution in [2.45, 2.75) is 6.18 Å². The lowest BCUT2D eigenvalue weighted by atomic mass is 9.97. The topological polar surface area (TPSA) is 23.8 Å². The lowest BCUT2D eigenvalue weighted by Crippen LogP contribution is -2.04. The van der Waals surface area contributed by atoms with Crippen LogP contribution in [0.1, 0.15) is 16.7 Å². The summed E-state index contributed by atoms with van der Waals surface area (Å²) in [5, 5.41) is 8.84. The maximum Gasteiger partial charge on any atom is 0.416 e. The number of rotatable bonds is 2. The molecule has 0 saturated heterocycles. The molecule has 1 nitrogen and oxygen atoms in total. The van der Waals surface area contributed by atoms with Gasteiger partial charge in [-0.05, 0) is 28.8 Å². The van der Waals surface area contributed by atoms with E-state index < -0.39 is 11.7 Å². The molecule has 0 N–H and O–H groups in total. The van der Waals surface area contributed by atoms with E-state index in [0.29, 0.717) is 11.1 Å². The normalized spacial score (nSPS) is 12.0. The number of nitrogens with zero attached hydrogens (tertiary/aromatic N) is 1. The van der Waals surface area contributed by atoms with Gasteiger partial charge in [-0.2, -0.15) is 18.4 Å². The highest BCUT2D eigenvalue weighted by molar-refractivity contribution is 5.81. The van der Waals surface area contributed by atoms with Crippen molar-refractivity contribution in [1.29, 1.82) is 5.26 Å². The first kappa shape index (κ1) is 13.9. The zero-order valence-electron chi connectivity index (χ0n) is 10.4. The number of hydrogen-bond donors (Lipinski definition) is 0. The van der Waals surface area contributed by atoms with E-state index in [4.69, 9.17) is 5.26 Å². The highest BCUT2D eigenvalue weighted by atomic mass is 19.4. The van der Waals surface area contributed by atoms with Crippen molar-refractivity contribution < 1.29 is 13.2 Å². The van der Waals surface area contributed by atoms with Gasteiger partial charge in [0.2, 0.25) is 0 Å². The van der Waals surface area contributed by atoms with Gasteiger partial charge in [-0.1, -0.05) is 42.5 Å². The molecule has 0 unspecified atom stereocenters. The summed E-state index contributed by atoms with van der Waals surface area (Å²) in [5.74, 6) is 0. The van der Waals surface area contributed by atoms with Gasteiger partial charge in [0.1, 0.15) is 0 Å². The van der Waals surface area contributed by atoms with Gasteiger partial charge in [0.05, 0.1) is 11.6 Å². The fourth-order valence-electron chi connectivity index (χ4n) is 1.85. The summed E-state index contributed by atoms with van der Waals surface area (Å²) >= 11 is 0. The van der Waals surface area contributed by atoms with Crippen LogP contribution in [0.5, 0.6) is 0 Å². The molecule has 2 aromatic rings. The predicted octanol–water partition coefficient (Wildman–Crippen LogP) is 4.66. The lowest BCUT2D eigenvalue weighted by molar-refractivity contribution is -0.137. The van der Waals surface area contributed by atoms with Crippen LogP contribution in [0.2, 0.25) is 0 Å². The Morgan fingerprint density at radius 3 is 1.95 bits per heavy atom. The zero-order valence-corrected chi connectivity index (χ0v) is 10.4. The molecule has 0 radical (unpaired) electrons. The molecule has 0 amide bonds. The van der Waals surface area contributed by atoms with Gasteiger partial charge in [0.15, 0.2) is 0 Å². The third kappa shape index (κ3) is 3.07. The molecule has 0 spiro atoms. The Labute approximate surface area is 114 Å². The smallest absolute Gasteiger partial charge is 0.193 e. The van der Waals surface area contributed by atoms with Gasteiger partial charge in [0.25, 0.3) is 0 Å². The quantitative estimate of drug-likeness (QED) is 0.730. The minimum atomic E-state index is -4.36. The van der Waals surface area contributed by atoms with Crippen molar-refractivity contribution in [3.05, 3.63) is 77.4 Å². The Balaban J connectivity index is 2.43. The molecular formula is C16H10F3N. The molecular weight excluding hydrogens is 263 g/mol. The number of alkyl halides is 3. The third-order valence-corrected chi connectivity index (χ3v) is 2.82. The van der Waals surface area contributed by atoms with E-state index in [9.17, 15) is 13.2 Å². The van der Waals surface area contributed by atoms with Gasteiger partial charge in [-0.25, -0.2) is 0 Å². The van der Waals surface area contributed by atoms with E-state index in [2.05, 4.69) is 0 Å². The molecule has 0 aliphatic carbocycles. The number of halogens is 3. The largest absolute Gasteiger partial charge is 0.416 e. The second-order valence-corrected chi connectivity index (χ2v) is 4.13. The Kier molecular flexibility index (Phi) is 3.90. The van der Waals surface area contributed by atoms with Crippen molar-refractivity contribution in [3.8, 4) is 6.07 Å². The monoisotopic (exact) mass is 273 g/mol. The van der Waals surface area contributed by atoms with E-state index in [1.807, 2.05) is 24.3 Å². The fraction of sp³-hybridized carbons (Fsp3) is 0.0625. The van der Waals surface area contributed by atoms with Gasteiger partial charge in [-0.15, -0.1) is 0 Å². The van der Waals surface area contributed by atoms with Crippen molar-refractivity contribution in [2.24, 2.45) is 0 Å². The van der Waals surface area contributed by atoms with Crippen LogP contribution in [0, 0.1) is 11.3 Å². The summed E-state index contributed by atoms with van der Waals surface area (Å²) in [6, 6.07) is 15.8. The van der Waals surface area contributed by atoms with E-state index in [0.717, 1.165) is 17.7 Å². The maximum atomic E-state index is 12.5. The minimum absolute atomic E-state index is 0.575. The molecule has 0 saturated carbocycles. The van der Waals surface area contributed by atoms with Crippen LogP contribution >= 0.6 is 0 Å². The van der Waals surface area contributed by atoms with E-state index in [1.165, 1.54) is 18.2 Å². The Hall–Kier alpha value is -2.54. The molecule has 20 heavy (non-hydrogen) atoms. The van der Waals surface area contributed by atoms with E-state index in [-0.39, 0.29) is 0 Å². The minimum Gasteiger partial charge on any atom is -0.193 e. The van der Waals surface area contributed by atoms with Crippen molar-refractivity contribution in [3.63, 3.8) is 0 Å². The number of allylic oxidation sites excluding steroid dienone is 1. The maximum absolute atomic E-state index is 12.5. The van der Waals surface area contributed by atoms with Gasteiger partial charge in [-0.3, -0.25) is 0 Å². The van der Waals surface area contributed by atoms with Crippen molar-refractivity contribution in [1.82, 2.24) is 0 Å². The highest BCUT2D eigenvalue weighted by Crippen LogP contribution is 2.31. The van der Waals surface area contributed by atoms with E-state index in [1.54, 1.807) is 12.1 Å². The Bertz CT molecular complexity index is 647. The fourth-order valence-corrected chi connectivity index (χ4v) is 1.85. The summed E-state index contributed by atoms with van der Waals surface area (Å²) in [6.45, 7) is 0. The SMILES string of the molecule is N#C/C=C(\c1ccccc1)c1ccc(C(F)(F)F)cc1. The molecule has 0 aromatic heterocycles. The molecule has 0 atom stereocenters. The number of hydrogen-bond acceptors (Lipinski definition) is 1. The van der Waals surface area contributed by atoms with Crippen LogP contribution in [-0.4, -0.2) is 0 Å². The van der Waals surface area contributed by atoms with Crippen LogP contribution in [-0.2, 0) is 6.18 Å². The standard InChI is InChI=1S/C16H10F3N/c17-16(18,19)14-8-6-13(7-9-14)15(10-11-20)12-4-2-1-3-5-12/h1-10H/b15-10+. The van der Waals surface area contributed by atoms with Crippen LogP contribution in [0.3, 0.4) is 0 Å². The summed E-state index contributed by atoms with van der Waals surface area (Å²) in [6.07, 6.45) is -3.03. The van der Waals surface area contributed by atoms with Crippen LogP contribution in [0.25, 0.3) is 5.57 Å². The van der Waals surface area contributed by atoms with Crippen LogP contribution in [0.4, 0.5) is 13.2 Å². The molecule has 0 aliphatic heterocycles. The van der Waals surface area contributed by atoms with Crippen LogP contribution in [0.15, 0.2) is 60.7 Å². The molecule has 100 valence electrons. The first-order chi connectivity index (χ1) is 9.52. The molecule has 0 fully saturated rings. The number of benzene rings is 2. The summed E-state index contributed by atoms with van der Waals surface area (Å²) < 4.78 is 37.6. The Morgan fingerprint density at radius 1 is 0.900 bits per heavy atom. The lowest BCUT2D eigenvalue weighted by Gasteiger charge is -2.10. The molecule has 4 heteroatoms. The third-order valence-electron chi connectivity index (χ3n) is 2.82. The predicted molar refractivity (Wildman–Crippen MR) is 70.6 cm³/mol. The summed E-state index contributed by atoms with van der Waals surface area (Å²) in [4.78, 5) is 0. The number of nitriles is 1. The average Bonchev–Trinajstić information content (AvgIpc) is 2.45. The van der Waals surface area contributed by atoms with Gasteiger partial charge in [0, 0.05) is 6.08 Å². The van der Waals surface area contributed by atoms with Gasteiger partial charge < -0.3 is 0 Å². The zero-order chi connectivity index (χ0) is 14.6. The molecule has 2 aromatic carbocycles. The van der Waals surface area contributed by atoms with Crippen LogP contribution < -0.4 is 0 Å². The molecule has 0 aliphatic rings. The Morgan fingerprint density at radius 2 is 1.45 bits per heavy atom. The average molecular weight is 273 g/mol. The first-order valence-corrected chi connectivity index (χ1v) is 5.85. The summed E-state index contributed by atoms with van der Waals surface area (Å²) in [7, 11) is 0. The molecule has 2 rings (SSSR count). The second-order valence-electron chi connectivity index (χ2n) is 4.13.